The van der Waals surface area contributed by atoms with Gasteiger partial charge in [-0.05, 0) is 23.8 Å². The van der Waals surface area contributed by atoms with Crippen LogP contribution >= 0.6 is 0 Å². The summed E-state index contributed by atoms with van der Waals surface area (Å²) in [5, 5.41) is 13.1. The third-order valence-corrected chi connectivity index (χ3v) is 3.13. The van der Waals surface area contributed by atoms with Crippen LogP contribution in [0.1, 0.15) is 33.6 Å². The van der Waals surface area contributed by atoms with Gasteiger partial charge in [0.05, 0.1) is 6.10 Å². The van der Waals surface area contributed by atoms with Gasteiger partial charge in [0.2, 0.25) is 0 Å². The predicted octanol–water partition coefficient (Wildman–Crippen LogP) is 1.46. The summed E-state index contributed by atoms with van der Waals surface area (Å²) in [5.41, 5.74) is 3.23. The monoisotopic (exact) mass is 181 g/mol. The first-order valence-corrected chi connectivity index (χ1v) is 5.10. The van der Waals surface area contributed by atoms with Crippen LogP contribution in [-0.2, 0) is 0 Å². The van der Waals surface area contributed by atoms with Crippen molar-refractivity contribution in [2.45, 2.75) is 45.8 Å². The number of hydrogen-bond donors (Lipinski definition) is 2. The molecule has 13 heavy (non-hydrogen) atoms. The fraction of sp³-hybridized carbons (Fsp3) is 0.818. The van der Waals surface area contributed by atoms with Gasteiger partial charge in [-0.1, -0.05) is 26.3 Å². The molecule has 0 amide bonds. The number of aliphatic hydroxyl groups excluding tert-OH is 1. The van der Waals surface area contributed by atoms with Crippen LogP contribution in [0.2, 0.25) is 0 Å². The van der Waals surface area contributed by atoms with Crippen LogP contribution in [0.15, 0.2) is 11.1 Å². The van der Waals surface area contributed by atoms with Crippen LogP contribution in [0.4, 0.5) is 0 Å². The summed E-state index contributed by atoms with van der Waals surface area (Å²) in [5.74, 6) is 0. The van der Waals surface area contributed by atoms with Crippen LogP contribution in [0.3, 0.4) is 0 Å². The van der Waals surface area contributed by atoms with Crippen molar-refractivity contribution in [3.8, 4) is 0 Å². The van der Waals surface area contributed by atoms with Crippen molar-refractivity contribution in [2.75, 3.05) is 6.54 Å². The highest BCUT2D eigenvalue weighted by atomic mass is 16.3. The van der Waals surface area contributed by atoms with Gasteiger partial charge in [0.25, 0.3) is 0 Å². The fourth-order valence-electron chi connectivity index (χ4n) is 2.57. The lowest BCUT2D eigenvalue weighted by atomic mass is 9.82. The molecule has 0 saturated carbocycles. The molecule has 2 aliphatic rings. The predicted molar refractivity (Wildman–Crippen MR) is 53.5 cm³/mol. The van der Waals surface area contributed by atoms with Gasteiger partial charge >= 0.3 is 0 Å². The van der Waals surface area contributed by atoms with Gasteiger partial charge in [-0.15, -0.1) is 0 Å². The van der Waals surface area contributed by atoms with Crippen molar-refractivity contribution in [1.82, 2.24) is 5.32 Å². The first kappa shape index (κ1) is 9.22. The first-order valence-electron chi connectivity index (χ1n) is 5.10. The van der Waals surface area contributed by atoms with Crippen molar-refractivity contribution in [2.24, 2.45) is 5.41 Å². The number of aliphatic hydroxyl groups is 1. The van der Waals surface area contributed by atoms with E-state index in [-0.39, 0.29) is 11.5 Å². The summed E-state index contributed by atoms with van der Waals surface area (Å²) in [7, 11) is 0. The standard InChI is InChI=1S/C11H19NO/c1-11(2,3)10-9-5-8(13)4-7(9)6-12-10/h8,10,12-13H,4-6H2,1-3H3. The minimum Gasteiger partial charge on any atom is -0.392 e. The van der Waals surface area contributed by atoms with Crippen molar-refractivity contribution >= 4 is 0 Å². The molecule has 2 unspecified atom stereocenters. The number of rotatable bonds is 0. The lowest BCUT2D eigenvalue weighted by molar-refractivity contribution is 0.177. The van der Waals surface area contributed by atoms with E-state index >= 15 is 0 Å². The van der Waals surface area contributed by atoms with Crippen molar-refractivity contribution < 1.29 is 5.11 Å². The minimum absolute atomic E-state index is 0.100. The van der Waals surface area contributed by atoms with Gasteiger partial charge in [0.1, 0.15) is 0 Å². The molecule has 0 aromatic carbocycles. The molecule has 1 aliphatic carbocycles. The van der Waals surface area contributed by atoms with E-state index in [1.807, 2.05) is 0 Å². The quantitative estimate of drug-likeness (QED) is 0.554. The van der Waals surface area contributed by atoms with Crippen LogP contribution < -0.4 is 5.32 Å². The van der Waals surface area contributed by atoms with Gasteiger partial charge in [0, 0.05) is 12.6 Å². The second kappa shape index (κ2) is 2.82. The highest BCUT2D eigenvalue weighted by Crippen LogP contribution is 2.39. The van der Waals surface area contributed by atoms with Crippen LogP contribution in [0, 0.1) is 5.41 Å². The molecule has 0 saturated heterocycles. The van der Waals surface area contributed by atoms with E-state index in [1.165, 1.54) is 11.1 Å². The Labute approximate surface area is 80.0 Å². The molecule has 2 heteroatoms. The second-order valence-electron chi connectivity index (χ2n) is 5.37. The molecule has 0 spiro atoms. The van der Waals surface area contributed by atoms with Gasteiger partial charge in [0.15, 0.2) is 0 Å². The van der Waals surface area contributed by atoms with E-state index in [9.17, 15) is 5.11 Å². The van der Waals surface area contributed by atoms with Crippen molar-refractivity contribution in [1.29, 1.82) is 0 Å². The zero-order valence-corrected chi connectivity index (χ0v) is 8.72. The highest BCUT2D eigenvalue weighted by molar-refractivity contribution is 5.34. The average Bonchev–Trinajstić information content (AvgIpc) is 2.41. The molecule has 2 atom stereocenters. The SMILES string of the molecule is CC(C)(C)C1NCC2=C1CC(O)C2. The maximum absolute atomic E-state index is 9.55. The zero-order valence-electron chi connectivity index (χ0n) is 8.72. The summed E-state index contributed by atoms with van der Waals surface area (Å²) in [6.07, 6.45) is 1.69. The smallest absolute Gasteiger partial charge is 0.0615 e. The summed E-state index contributed by atoms with van der Waals surface area (Å²) >= 11 is 0. The van der Waals surface area contributed by atoms with Gasteiger partial charge < -0.3 is 10.4 Å². The van der Waals surface area contributed by atoms with E-state index in [0.717, 1.165) is 19.4 Å². The maximum Gasteiger partial charge on any atom is 0.0615 e. The molecule has 1 aliphatic heterocycles. The Morgan fingerprint density at radius 2 is 2.00 bits per heavy atom. The van der Waals surface area contributed by atoms with E-state index in [2.05, 4.69) is 26.1 Å². The second-order valence-corrected chi connectivity index (χ2v) is 5.37. The van der Waals surface area contributed by atoms with E-state index < -0.39 is 0 Å². The number of hydrogen-bond acceptors (Lipinski definition) is 2. The lowest BCUT2D eigenvalue weighted by Gasteiger charge is -2.30. The Morgan fingerprint density at radius 3 is 2.62 bits per heavy atom. The molecule has 2 N–H and O–H groups in total. The summed E-state index contributed by atoms with van der Waals surface area (Å²) in [6, 6.07) is 0.486. The highest BCUT2D eigenvalue weighted by Gasteiger charge is 2.38. The molecule has 0 fully saturated rings. The normalized spacial score (nSPS) is 34.2. The summed E-state index contributed by atoms with van der Waals surface area (Å²) < 4.78 is 0. The Morgan fingerprint density at radius 1 is 1.31 bits per heavy atom. The Kier molecular flexibility index (Phi) is 2.00. The third kappa shape index (κ3) is 1.53. The average molecular weight is 181 g/mol. The van der Waals surface area contributed by atoms with Gasteiger partial charge in [-0.3, -0.25) is 0 Å². The molecule has 74 valence electrons. The van der Waals surface area contributed by atoms with Crippen LogP contribution in [0.5, 0.6) is 0 Å². The molecule has 0 aromatic rings. The molecule has 0 bridgehead atoms. The molecule has 0 radical (unpaired) electrons. The van der Waals surface area contributed by atoms with E-state index in [1.54, 1.807) is 0 Å². The minimum atomic E-state index is -0.100. The zero-order chi connectivity index (χ0) is 9.64. The Bertz CT molecular complexity index is 249. The molecule has 0 aromatic heterocycles. The van der Waals surface area contributed by atoms with Crippen molar-refractivity contribution in [3.63, 3.8) is 0 Å². The fourth-order valence-corrected chi connectivity index (χ4v) is 2.57. The third-order valence-electron chi connectivity index (χ3n) is 3.13. The summed E-state index contributed by atoms with van der Waals surface area (Å²) in [6.45, 7) is 7.76. The molecule has 2 rings (SSSR count). The van der Waals surface area contributed by atoms with Crippen LogP contribution in [0.25, 0.3) is 0 Å². The number of nitrogens with one attached hydrogen (secondary N) is 1. The molecule has 2 nitrogen and oxygen atoms in total. The Hall–Kier alpha value is -0.340. The lowest BCUT2D eigenvalue weighted by Crippen LogP contribution is -2.38. The van der Waals surface area contributed by atoms with Gasteiger partial charge in [-0.25, -0.2) is 0 Å². The van der Waals surface area contributed by atoms with Crippen molar-refractivity contribution in [3.05, 3.63) is 11.1 Å². The molecular formula is C11H19NO. The van der Waals surface area contributed by atoms with E-state index in [4.69, 9.17) is 0 Å². The van der Waals surface area contributed by atoms with Gasteiger partial charge in [-0.2, -0.15) is 0 Å². The van der Waals surface area contributed by atoms with E-state index in [0.29, 0.717) is 6.04 Å². The van der Waals surface area contributed by atoms with Crippen LogP contribution in [-0.4, -0.2) is 23.8 Å². The first-order chi connectivity index (χ1) is 5.98. The molecular weight excluding hydrogens is 162 g/mol. The summed E-state index contributed by atoms with van der Waals surface area (Å²) in [4.78, 5) is 0. The molecule has 1 heterocycles. The Balaban J connectivity index is 2.18. The topological polar surface area (TPSA) is 32.3 Å². The maximum atomic E-state index is 9.55. The largest absolute Gasteiger partial charge is 0.392 e.